The van der Waals surface area contributed by atoms with E-state index < -0.39 is 17.3 Å². The fourth-order valence-corrected chi connectivity index (χ4v) is 4.97. The van der Waals surface area contributed by atoms with E-state index in [-0.39, 0.29) is 33.8 Å². The number of benzene rings is 2. The first-order valence-corrected chi connectivity index (χ1v) is 10.7. The van der Waals surface area contributed by atoms with E-state index in [2.05, 4.69) is 20.6 Å². The van der Waals surface area contributed by atoms with Crippen molar-refractivity contribution in [3.05, 3.63) is 45.4 Å². The summed E-state index contributed by atoms with van der Waals surface area (Å²) in [5.41, 5.74) is 2.45. The van der Waals surface area contributed by atoms with Crippen molar-refractivity contribution in [2.45, 2.75) is 38.0 Å². The molecule has 2 N–H and O–H groups in total. The molecule has 32 heavy (non-hydrogen) atoms. The third-order valence-corrected chi connectivity index (χ3v) is 6.54. The highest BCUT2D eigenvalue weighted by Crippen LogP contribution is 2.50. The minimum Gasteiger partial charge on any atom is -0.454 e. The normalized spacial score (nSPS) is 20.9. The summed E-state index contributed by atoms with van der Waals surface area (Å²) in [6.07, 6.45) is 2.21. The van der Waals surface area contributed by atoms with E-state index in [9.17, 15) is 14.4 Å². The van der Waals surface area contributed by atoms with Crippen molar-refractivity contribution >= 4 is 58.1 Å². The Labute approximate surface area is 192 Å². The van der Waals surface area contributed by atoms with Gasteiger partial charge >= 0.3 is 5.97 Å². The molecule has 0 fully saturated rings. The molecule has 2 amide bonds. The van der Waals surface area contributed by atoms with Crippen LogP contribution in [0.25, 0.3) is 0 Å². The first-order valence-electron chi connectivity index (χ1n) is 9.99. The Hall–Kier alpha value is -3.10. The molecule has 10 heteroatoms. The molecular weight excluding hydrogens is 457 g/mol. The van der Waals surface area contributed by atoms with Crippen LogP contribution in [0.1, 0.15) is 37.3 Å². The Balaban J connectivity index is 1.43. The van der Waals surface area contributed by atoms with E-state index in [1.807, 2.05) is 13.0 Å². The lowest BCUT2D eigenvalue weighted by Gasteiger charge is -2.30. The van der Waals surface area contributed by atoms with Gasteiger partial charge in [-0.25, -0.2) is 4.79 Å². The number of carbonyl (C=O) groups is 3. The monoisotopic (exact) mass is 473 g/mol. The number of rotatable bonds is 4. The predicted molar refractivity (Wildman–Crippen MR) is 119 cm³/mol. The maximum absolute atomic E-state index is 12.5. The van der Waals surface area contributed by atoms with E-state index >= 15 is 0 Å². The average molecular weight is 474 g/mol. The average Bonchev–Trinajstić information content (AvgIpc) is 3.28. The molecule has 1 aliphatic carbocycles. The molecule has 2 aliphatic heterocycles. The van der Waals surface area contributed by atoms with Gasteiger partial charge in [0.05, 0.1) is 21.9 Å². The predicted octanol–water partition coefficient (Wildman–Crippen LogP) is 4.57. The molecule has 0 saturated heterocycles. The molecule has 8 nitrogen and oxygen atoms in total. The number of carbonyl (C=O) groups excluding carboxylic acids is 3. The third-order valence-electron chi connectivity index (χ3n) is 5.97. The molecule has 0 aromatic heterocycles. The Bertz CT molecular complexity index is 1220. The molecule has 0 bridgehead atoms. The fraction of sp³-hybridized carbons (Fsp3) is 0.273. The van der Waals surface area contributed by atoms with Crippen LogP contribution >= 0.6 is 23.2 Å². The highest BCUT2D eigenvalue weighted by Gasteiger charge is 2.46. The lowest BCUT2D eigenvalue weighted by atomic mass is 9.72. The van der Waals surface area contributed by atoms with Crippen LogP contribution in [-0.2, 0) is 31.1 Å². The highest BCUT2D eigenvalue weighted by atomic mass is 35.5. The smallest absolute Gasteiger partial charge is 0.341 e. The molecule has 3 aliphatic rings. The molecule has 1 unspecified atom stereocenters. The Morgan fingerprint density at radius 3 is 2.69 bits per heavy atom. The lowest BCUT2D eigenvalue weighted by Crippen LogP contribution is -2.34. The van der Waals surface area contributed by atoms with Gasteiger partial charge in [-0.1, -0.05) is 28.4 Å². The second kappa shape index (κ2) is 7.50. The summed E-state index contributed by atoms with van der Waals surface area (Å²) in [5.74, 6) is -0.357. The summed E-state index contributed by atoms with van der Waals surface area (Å²) < 4.78 is 6.12. The van der Waals surface area contributed by atoms with E-state index in [1.54, 1.807) is 6.07 Å². The maximum Gasteiger partial charge on any atom is 0.341 e. The molecule has 164 valence electrons. The van der Waals surface area contributed by atoms with Crippen LogP contribution in [0.4, 0.5) is 11.4 Å². The number of halogens is 2. The summed E-state index contributed by atoms with van der Waals surface area (Å²) in [6.45, 7) is 1.95. The van der Waals surface area contributed by atoms with Crippen LogP contribution in [0.15, 0.2) is 29.4 Å². The SMILES string of the molecule is CC12CCCc3c(Oc4c(Cl)cc(NC(=O)C5=NOC(=O)C5)cc4Cl)ccc(c31)NC2=O. The Kier molecular flexibility index (Phi) is 4.87. The van der Waals surface area contributed by atoms with Crippen LogP contribution in [0.2, 0.25) is 10.0 Å². The first kappa shape index (κ1) is 20.8. The van der Waals surface area contributed by atoms with E-state index in [4.69, 9.17) is 27.9 Å². The topological polar surface area (TPSA) is 106 Å². The Morgan fingerprint density at radius 2 is 2.00 bits per heavy atom. The number of amides is 2. The van der Waals surface area contributed by atoms with Gasteiger partial charge in [0.15, 0.2) is 11.5 Å². The van der Waals surface area contributed by atoms with Crippen LogP contribution in [0, 0.1) is 0 Å². The van der Waals surface area contributed by atoms with Crippen molar-refractivity contribution in [3.8, 4) is 11.5 Å². The maximum atomic E-state index is 12.5. The summed E-state index contributed by atoms with van der Waals surface area (Å²) >= 11 is 12.8. The molecule has 5 rings (SSSR count). The van der Waals surface area contributed by atoms with Crippen LogP contribution in [-0.4, -0.2) is 23.5 Å². The van der Waals surface area contributed by atoms with Gasteiger partial charge in [0.1, 0.15) is 5.75 Å². The Morgan fingerprint density at radius 1 is 1.25 bits per heavy atom. The van der Waals surface area contributed by atoms with Crippen molar-refractivity contribution in [2.75, 3.05) is 10.6 Å². The summed E-state index contributed by atoms with van der Waals surface area (Å²) in [7, 11) is 0. The van der Waals surface area contributed by atoms with Crippen molar-refractivity contribution in [2.24, 2.45) is 5.16 Å². The molecule has 2 aromatic carbocycles. The molecular formula is C22H17Cl2N3O5. The third kappa shape index (κ3) is 3.30. The largest absolute Gasteiger partial charge is 0.454 e. The highest BCUT2D eigenvalue weighted by molar-refractivity contribution is 6.46. The number of ether oxygens (including phenoxy) is 1. The number of hydrogen-bond donors (Lipinski definition) is 2. The van der Waals surface area contributed by atoms with Gasteiger partial charge in [0.2, 0.25) is 5.91 Å². The van der Waals surface area contributed by atoms with Gasteiger partial charge in [0.25, 0.3) is 5.91 Å². The molecule has 2 aromatic rings. The number of nitrogens with zero attached hydrogens (tertiary/aromatic N) is 1. The van der Waals surface area contributed by atoms with E-state index in [0.29, 0.717) is 11.4 Å². The zero-order valence-electron chi connectivity index (χ0n) is 16.9. The van der Waals surface area contributed by atoms with Gasteiger partial charge < -0.3 is 20.2 Å². The van der Waals surface area contributed by atoms with Gasteiger partial charge in [0, 0.05) is 16.9 Å². The van der Waals surface area contributed by atoms with Gasteiger partial charge in [-0.2, -0.15) is 0 Å². The molecule has 2 heterocycles. The lowest BCUT2D eigenvalue weighted by molar-refractivity contribution is -0.140. The van der Waals surface area contributed by atoms with Crippen molar-refractivity contribution in [1.82, 2.24) is 0 Å². The first-order chi connectivity index (χ1) is 15.3. The van der Waals surface area contributed by atoms with Crippen molar-refractivity contribution in [3.63, 3.8) is 0 Å². The zero-order valence-corrected chi connectivity index (χ0v) is 18.4. The number of anilines is 2. The van der Waals surface area contributed by atoms with Gasteiger partial charge in [-0.05, 0) is 56.0 Å². The van der Waals surface area contributed by atoms with E-state index in [0.717, 1.165) is 36.1 Å². The van der Waals surface area contributed by atoms with Gasteiger partial charge in [-0.3, -0.25) is 9.59 Å². The second-order valence-corrected chi connectivity index (χ2v) is 8.92. The second-order valence-electron chi connectivity index (χ2n) is 8.11. The standard InChI is InChI=1S/C22H17Cl2N3O5/c1-22-6-2-3-11-16(5-4-14(18(11)22)26-21(22)30)31-19-12(23)7-10(8-13(19)24)25-20(29)15-9-17(28)32-27-15/h4-5,7-8H,2-3,6,9H2,1H3,(H,25,29)(H,26,30). The molecule has 0 radical (unpaired) electrons. The minimum atomic E-state index is -0.596. The quantitative estimate of drug-likeness (QED) is 0.632. The zero-order chi connectivity index (χ0) is 22.6. The fourth-order valence-electron chi connectivity index (χ4n) is 4.41. The number of nitrogens with one attached hydrogen (secondary N) is 2. The minimum absolute atomic E-state index is 0.000673. The molecule has 0 spiro atoms. The number of hydrogen-bond acceptors (Lipinski definition) is 6. The van der Waals surface area contributed by atoms with Gasteiger partial charge in [-0.15, -0.1) is 0 Å². The molecule has 0 saturated carbocycles. The van der Waals surface area contributed by atoms with Crippen molar-refractivity contribution in [1.29, 1.82) is 0 Å². The van der Waals surface area contributed by atoms with Crippen LogP contribution in [0.3, 0.4) is 0 Å². The molecule has 1 atom stereocenters. The summed E-state index contributed by atoms with van der Waals surface area (Å²) in [5, 5.41) is 9.36. The summed E-state index contributed by atoms with van der Waals surface area (Å²) in [4.78, 5) is 40.3. The van der Waals surface area contributed by atoms with Crippen LogP contribution in [0.5, 0.6) is 11.5 Å². The summed E-state index contributed by atoms with van der Waals surface area (Å²) in [6, 6.07) is 6.60. The van der Waals surface area contributed by atoms with Crippen molar-refractivity contribution < 1.29 is 24.0 Å². The van der Waals surface area contributed by atoms with Crippen LogP contribution < -0.4 is 15.4 Å². The number of oxime groups is 1. The van der Waals surface area contributed by atoms with E-state index in [1.165, 1.54) is 12.1 Å².